The zero-order valence-corrected chi connectivity index (χ0v) is 12.1. The molecule has 2 aliphatic rings. The highest BCUT2D eigenvalue weighted by Gasteiger charge is 2.49. The standard InChI is InChI=1S/C15H20N2O4/c1-20-9-12-13(18)16-10-15(12)3-5-17(6-4-15)14(19)11-2-7-21-8-11/h2,7-8,12H,3-6,9-10H2,1H3,(H,16,18)/t12-/m1/s1. The van der Waals surface area contributed by atoms with Crippen LogP contribution < -0.4 is 5.32 Å². The number of amides is 2. The number of nitrogens with one attached hydrogen (secondary N) is 1. The molecule has 1 atom stereocenters. The Morgan fingerprint density at radius 1 is 1.52 bits per heavy atom. The van der Waals surface area contributed by atoms with Crippen LogP contribution >= 0.6 is 0 Å². The molecule has 0 unspecified atom stereocenters. The molecule has 0 saturated carbocycles. The van der Waals surface area contributed by atoms with Crippen molar-refractivity contribution in [3.05, 3.63) is 24.2 Å². The van der Waals surface area contributed by atoms with E-state index < -0.39 is 0 Å². The molecule has 1 aromatic rings. The van der Waals surface area contributed by atoms with Crippen LogP contribution in [0.3, 0.4) is 0 Å². The van der Waals surface area contributed by atoms with Gasteiger partial charge in [-0.25, -0.2) is 0 Å². The van der Waals surface area contributed by atoms with Crippen molar-refractivity contribution in [2.75, 3.05) is 33.4 Å². The van der Waals surface area contributed by atoms with Gasteiger partial charge < -0.3 is 19.4 Å². The third-order valence-corrected chi connectivity index (χ3v) is 4.82. The Labute approximate surface area is 123 Å². The summed E-state index contributed by atoms with van der Waals surface area (Å²) in [6.45, 7) is 2.47. The van der Waals surface area contributed by atoms with Gasteiger partial charge in [0.25, 0.3) is 5.91 Å². The molecule has 2 amide bonds. The summed E-state index contributed by atoms with van der Waals surface area (Å²) >= 11 is 0. The fourth-order valence-electron chi connectivity index (χ4n) is 3.46. The van der Waals surface area contributed by atoms with E-state index in [1.165, 1.54) is 12.5 Å². The van der Waals surface area contributed by atoms with Gasteiger partial charge in [0, 0.05) is 32.2 Å². The Morgan fingerprint density at radius 2 is 2.29 bits per heavy atom. The average molecular weight is 292 g/mol. The number of ether oxygens (including phenoxy) is 1. The number of carbonyl (C=O) groups excluding carboxylic acids is 2. The Kier molecular flexibility index (Phi) is 3.71. The fourth-order valence-corrected chi connectivity index (χ4v) is 3.46. The molecule has 6 nitrogen and oxygen atoms in total. The number of likely N-dealkylation sites (tertiary alicyclic amines) is 1. The molecule has 0 radical (unpaired) electrons. The van der Waals surface area contributed by atoms with Gasteiger partial charge in [-0.05, 0) is 18.9 Å². The summed E-state index contributed by atoms with van der Waals surface area (Å²) in [4.78, 5) is 26.1. The first-order valence-corrected chi connectivity index (χ1v) is 7.24. The molecule has 1 N–H and O–H groups in total. The van der Waals surface area contributed by atoms with Crippen LogP contribution in [0.2, 0.25) is 0 Å². The van der Waals surface area contributed by atoms with Gasteiger partial charge in [0.1, 0.15) is 6.26 Å². The van der Waals surface area contributed by atoms with Crippen LogP contribution in [0.4, 0.5) is 0 Å². The number of hydrogen-bond donors (Lipinski definition) is 1. The Hall–Kier alpha value is -1.82. The van der Waals surface area contributed by atoms with Crippen molar-refractivity contribution < 1.29 is 18.7 Å². The summed E-state index contributed by atoms with van der Waals surface area (Å²) in [6, 6.07) is 1.68. The number of carbonyl (C=O) groups is 2. The normalized spacial score (nSPS) is 24.3. The second-order valence-electron chi connectivity index (χ2n) is 5.89. The van der Waals surface area contributed by atoms with Crippen LogP contribution in [0.1, 0.15) is 23.2 Å². The number of rotatable bonds is 3. The van der Waals surface area contributed by atoms with Gasteiger partial charge in [-0.1, -0.05) is 0 Å². The van der Waals surface area contributed by atoms with Crippen molar-refractivity contribution >= 4 is 11.8 Å². The van der Waals surface area contributed by atoms with Gasteiger partial charge >= 0.3 is 0 Å². The molecule has 3 rings (SSSR count). The number of hydrogen-bond acceptors (Lipinski definition) is 4. The third-order valence-electron chi connectivity index (χ3n) is 4.82. The lowest BCUT2D eigenvalue weighted by molar-refractivity contribution is -0.126. The van der Waals surface area contributed by atoms with Crippen molar-refractivity contribution in [3.63, 3.8) is 0 Å². The fraction of sp³-hybridized carbons (Fsp3) is 0.600. The Morgan fingerprint density at radius 3 is 2.90 bits per heavy atom. The van der Waals surface area contributed by atoms with Crippen molar-refractivity contribution in [1.29, 1.82) is 0 Å². The summed E-state index contributed by atoms with van der Waals surface area (Å²) in [6.07, 6.45) is 4.63. The highest BCUT2D eigenvalue weighted by atomic mass is 16.5. The molecule has 2 saturated heterocycles. The summed E-state index contributed by atoms with van der Waals surface area (Å²) in [7, 11) is 1.62. The maximum atomic E-state index is 12.3. The Bertz CT molecular complexity index is 518. The van der Waals surface area contributed by atoms with E-state index in [2.05, 4.69) is 5.32 Å². The predicted octanol–water partition coefficient (Wildman–Crippen LogP) is 0.894. The molecule has 2 fully saturated rings. The summed E-state index contributed by atoms with van der Waals surface area (Å²) < 4.78 is 10.2. The third kappa shape index (κ3) is 2.44. The summed E-state index contributed by atoms with van der Waals surface area (Å²) in [5, 5.41) is 2.95. The smallest absolute Gasteiger partial charge is 0.257 e. The minimum atomic E-state index is -0.103. The van der Waals surface area contributed by atoms with E-state index in [4.69, 9.17) is 9.15 Å². The van der Waals surface area contributed by atoms with Gasteiger partial charge in [-0.3, -0.25) is 9.59 Å². The largest absolute Gasteiger partial charge is 0.472 e. The number of furan rings is 1. The maximum Gasteiger partial charge on any atom is 0.257 e. The highest BCUT2D eigenvalue weighted by molar-refractivity contribution is 5.94. The topological polar surface area (TPSA) is 71.8 Å². The maximum absolute atomic E-state index is 12.3. The monoisotopic (exact) mass is 292 g/mol. The zero-order chi connectivity index (χ0) is 14.9. The first-order valence-electron chi connectivity index (χ1n) is 7.24. The van der Waals surface area contributed by atoms with Crippen molar-refractivity contribution in [2.45, 2.75) is 12.8 Å². The number of piperidine rings is 1. The van der Waals surface area contributed by atoms with Crippen LogP contribution in [0, 0.1) is 11.3 Å². The first kappa shape index (κ1) is 14.1. The molecule has 114 valence electrons. The second kappa shape index (κ2) is 5.52. The van der Waals surface area contributed by atoms with E-state index in [1.54, 1.807) is 13.2 Å². The van der Waals surface area contributed by atoms with Crippen LogP contribution in [0.25, 0.3) is 0 Å². The van der Waals surface area contributed by atoms with Gasteiger partial charge in [0.2, 0.25) is 5.91 Å². The minimum Gasteiger partial charge on any atom is -0.472 e. The molecule has 0 bridgehead atoms. The van der Waals surface area contributed by atoms with E-state index in [9.17, 15) is 9.59 Å². The van der Waals surface area contributed by atoms with Gasteiger partial charge in [0.15, 0.2) is 0 Å². The average Bonchev–Trinajstić information content (AvgIpc) is 3.12. The molecule has 3 heterocycles. The molecule has 6 heteroatoms. The zero-order valence-electron chi connectivity index (χ0n) is 12.1. The lowest BCUT2D eigenvalue weighted by Crippen LogP contribution is -2.47. The lowest BCUT2D eigenvalue weighted by Gasteiger charge is -2.41. The van der Waals surface area contributed by atoms with Crippen LogP contribution in [0.15, 0.2) is 23.0 Å². The molecular formula is C15H20N2O4. The molecule has 21 heavy (non-hydrogen) atoms. The molecule has 1 aromatic heterocycles. The molecule has 0 aromatic carbocycles. The lowest BCUT2D eigenvalue weighted by atomic mass is 9.71. The molecule has 0 aliphatic carbocycles. The minimum absolute atomic E-state index is 0.000765. The molecular weight excluding hydrogens is 272 g/mol. The quantitative estimate of drug-likeness (QED) is 0.898. The Balaban J connectivity index is 1.67. The molecule has 1 spiro atoms. The van der Waals surface area contributed by atoms with Crippen LogP contribution in [-0.4, -0.2) is 50.1 Å². The van der Waals surface area contributed by atoms with E-state index in [-0.39, 0.29) is 23.1 Å². The van der Waals surface area contributed by atoms with Gasteiger partial charge in [-0.15, -0.1) is 0 Å². The van der Waals surface area contributed by atoms with Crippen LogP contribution in [-0.2, 0) is 9.53 Å². The predicted molar refractivity (Wildman–Crippen MR) is 74.7 cm³/mol. The van der Waals surface area contributed by atoms with Crippen molar-refractivity contribution in [1.82, 2.24) is 10.2 Å². The number of nitrogens with zero attached hydrogens (tertiary/aromatic N) is 1. The summed E-state index contributed by atoms with van der Waals surface area (Å²) in [5.74, 6) is -0.0284. The van der Waals surface area contributed by atoms with Crippen LogP contribution in [0.5, 0.6) is 0 Å². The van der Waals surface area contributed by atoms with Crippen molar-refractivity contribution in [2.24, 2.45) is 11.3 Å². The van der Waals surface area contributed by atoms with E-state index in [0.29, 0.717) is 31.8 Å². The first-order chi connectivity index (χ1) is 10.2. The summed E-state index contributed by atoms with van der Waals surface area (Å²) in [5.41, 5.74) is 0.514. The SMILES string of the molecule is COC[C@@H]1C(=O)NCC12CCN(C(=O)c1ccoc1)CC2. The van der Waals surface area contributed by atoms with Gasteiger partial charge in [-0.2, -0.15) is 0 Å². The highest BCUT2D eigenvalue weighted by Crippen LogP contribution is 2.42. The van der Waals surface area contributed by atoms with Gasteiger partial charge in [0.05, 0.1) is 24.4 Å². The van der Waals surface area contributed by atoms with E-state index in [1.807, 2.05) is 4.90 Å². The molecule has 2 aliphatic heterocycles. The van der Waals surface area contributed by atoms with E-state index in [0.717, 1.165) is 12.8 Å². The van der Waals surface area contributed by atoms with E-state index >= 15 is 0 Å². The second-order valence-corrected chi connectivity index (χ2v) is 5.89. The number of methoxy groups -OCH3 is 1. The van der Waals surface area contributed by atoms with Crippen molar-refractivity contribution in [3.8, 4) is 0 Å².